The second-order valence-electron chi connectivity index (χ2n) is 4.09. The third-order valence-electron chi connectivity index (χ3n) is 2.71. The first kappa shape index (κ1) is 13.4. The number of rotatable bonds is 4. The first-order chi connectivity index (χ1) is 9.08. The van der Waals surface area contributed by atoms with Crippen LogP contribution in [0.5, 0.6) is 0 Å². The molecule has 98 valence electrons. The molecule has 0 spiro atoms. The Morgan fingerprint density at radius 3 is 2.74 bits per heavy atom. The Hall–Kier alpha value is -2.01. The molecule has 19 heavy (non-hydrogen) atoms. The highest BCUT2D eigenvalue weighted by atomic mass is 32.2. The summed E-state index contributed by atoms with van der Waals surface area (Å²) in [5.41, 5.74) is 1.57. The molecular weight excluding hydrogens is 262 g/mol. The molecule has 1 unspecified atom stereocenters. The summed E-state index contributed by atoms with van der Waals surface area (Å²) < 4.78 is 12.2. The lowest BCUT2D eigenvalue weighted by Gasteiger charge is -2.05. The monoisotopic (exact) mass is 275 g/mol. The van der Waals surface area contributed by atoms with E-state index in [1.54, 1.807) is 37.4 Å². The third-order valence-corrected chi connectivity index (χ3v) is 4.05. The minimum absolute atomic E-state index is 0.187. The summed E-state index contributed by atoms with van der Waals surface area (Å²) in [4.78, 5) is 15.7. The maximum absolute atomic E-state index is 12.2. The molecule has 0 fully saturated rings. The minimum Gasteiger partial charge on any atom is -0.478 e. The molecule has 1 aromatic heterocycles. The van der Waals surface area contributed by atoms with Crippen molar-refractivity contribution in [1.29, 1.82) is 0 Å². The lowest BCUT2D eigenvalue weighted by molar-refractivity contribution is 0.0696. The smallest absolute Gasteiger partial charge is 0.335 e. The number of carboxylic acid groups (broad SMARTS) is 1. The molecule has 0 aliphatic carbocycles. The zero-order valence-corrected chi connectivity index (χ0v) is 11.2. The molecule has 0 saturated carbocycles. The predicted molar refractivity (Wildman–Crippen MR) is 72.5 cm³/mol. The Balaban J connectivity index is 2.25. The van der Waals surface area contributed by atoms with Crippen molar-refractivity contribution in [2.45, 2.75) is 17.6 Å². The first-order valence-corrected chi connectivity index (χ1v) is 7.02. The Kier molecular flexibility index (Phi) is 4.06. The minimum atomic E-state index is -1.30. The van der Waals surface area contributed by atoms with Crippen LogP contribution in [0.4, 0.5) is 0 Å². The summed E-state index contributed by atoms with van der Waals surface area (Å²) in [5, 5.41) is 9.05. The van der Waals surface area contributed by atoms with Gasteiger partial charge in [0.1, 0.15) is 0 Å². The summed E-state index contributed by atoms with van der Waals surface area (Å²) in [5.74, 6) is -0.725. The van der Waals surface area contributed by atoms with Gasteiger partial charge in [-0.3, -0.25) is 9.19 Å². The average molecular weight is 275 g/mol. The Morgan fingerprint density at radius 1 is 1.32 bits per heavy atom. The largest absolute Gasteiger partial charge is 0.478 e. The number of hydrogen-bond donors (Lipinski definition) is 1. The van der Waals surface area contributed by atoms with Gasteiger partial charge in [0.25, 0.3) is 0 Å². The zero-order chi connectivity index (χ0) is 13.8. The second kappa shape index (κ2) is 5.75. The van der Waals surface area contributed by atoms with Crippen LogP contribution in [0.1, 0.15) is 21.6 Å². The number of aromatic nitrogens is 1. The number of hydrogen-bond acceptors (Lipinski definition) is 3. The van der Waals surface area contributed by atoms with Crippen LogP contribution in [0.15, 0.2) is 47.5 Å². The molecule has 0 saturated heterocycles. The number of pyridine rings is 1. The highest BCUT2D eigenvalue weighted by molar-refractivity contribution is 7.84. The van der Waals surface area contributed by atoms with E-state index in [4.69, 9.17) is 5.11 Å². The molecular formula is C14H13NO3S. The Morgan fingerprint density at radius 2 is 2.11 bits per heavy atom. The molecule has 5 heteroatoms. The van der Waals surface area contributed by atoms with Gasteiger partial charge in [0.05, 0.1) is 27.8 Å². The molecule has 1 N–H and O–H groups in total. The fourth-order valence-corrected chi connectivity index (χ4v) is 2.75. The van der Waals surface area contributed by atoms with Crippen molar-refractivity contribution in [1.82, 2.24) is 4.98 Å². The van der Waals surface area contributed by atoms with Crippen molar-refractivity contribution in [3.8, 4) is 0 Å². The lowest BCUT2D eigenvalue weighted by atomic mass is 10.1. The van der Waals surface area contributed by atoms with Crippen molar-refractivity contribution in [2.24, 2.45) is 0 Å². The quantitative estimate of drug-likeness (QED) is 0.930. The van der Waals surface area contributed by atoms with E-state index in [1.807, 2.05) is 6.07 Å². The molecule has 0 aliphatic heterocycles. The fraction of sp³-hybridized carbons (Fsp3) is 0.143. The Labute approximate surface area is 113 Å². The molecule has 0 amide bonds. The van der Waals surface area contributed by atoms with Crippen molar-refractivity contribution in [3.05, 3.63) is 59.4 Å². The predicted octanol–water partition coefficient (Wildman–Crippen LogP) is 2.40. The van der Waals surface area contributed by atoms with E-state index in [1.165, 1.54) is 6.07 Å². The molecule has 1 aromatic carbocycles. The molecule has 1 heterocycles. The van der Waals surface area contributed by atoms with Crippen molar-refractivity contribution in [2.75, 3.05) is 0 Å². The number of nitrogens with zero attached hydrogens (tertiary/aromatic N) is 1. The maximum Gasteiger partial charge on any atom is 0.335 e. The van der Waals surface area contributed by atoms with Crippen molar-refractivity contribution >= 4 is 16.8 Å². The normalized spacial score (nSPS) is 12.1. The summed E-state index contributed by atoms with van der Waals surface area (Å²) in [6.07, 6.45) is 1.64. The summed E-state index contributed by atoms with van der Waals surface area (Å²) in [6, 6.07) is 10.3. The highest BCUT2D eigenvalue weighted by Gasteiger charge is 2.12. The van der Waals surface area contributed by atoms with Crippen LogP contribution >= 0.6 is 0 Å². The number of carbonyl (C=O) groups is 1. The van der Waals surface area contributed by atoms with Crippen molar-refractivity contribution < 1.29 is 14.1 Å². The van der Waals surface area contributed by atoms with E-state index >= 15 is 0 Å². The molecule has 0 bridgehead atoms. The van der Waals surface area contributed by atoms with Gasteiger partial charge in [0.15, 0.2) is 0 Å². The molecule has 4 nitrogen and oxygen atoms in total. The summed E-state index contributed by atoms with van der Waals surface area (Å²) in [7, 11) is -1.30. The number of benzene rings is 1. The van der Waals surface area contributed by atoms with Crippen LogP contribution in [-0.4, -0.2) is 20.3 Å². The van der Waals surface area contributed by atoms with Crippen LogP contribution in [-0.2, 0) is 16.6 Å². The molecule has 0 aliphatic rings. The van der Waals surface area contributed by atoms with E-state index in [9.17, 15) is 9.00 Å². The fourth-order valence-electron chi connectivity index (χ4n) is 1.67. The maximum atomic E-state index is 12.2. The third kappa shape index (κ3) is 3.26. The van der Waals surface area contributed by atoms with Crippen LogP contribution in [0.2, 0.25) is 0 Å². The van der Waals surface area contributed by atoms with Gasteiger partial charge >= 0.3 is 5.97 Å². The summed E-state index contributed by atoms with van der Waals surface area (Å²) >= 11 is 0. The van der Waals surface area contributed by atoms with E-state index in [0.29, 0.717) is 10.5 Å². The SMILES string of the molecule is Cc1ccc(S(=O)Cc2ccccn2)cc1C(=O)O. The lowest BCUT2D eigenvalue weighted by Crippen LogP contribution is -2.03. The number of aryl methyl sites for hydroxylation is 1. The van der Waals surface area contributed by atoms with Gasteiger partial charge in [-0.05, 0) is 36.8 Å². The van der Waals surface area contributed by atoms with E-state index in [2.05, 4.69) is 4.98 Å². The van der Waals surface area contributed by atoms with Gasteiger partial charge < -0.3 is 5.11 Å². The topological polar surface area (TPSA) is 67.3 Å². The van der Waals surface area contributed by atoms with E-state index < -0.39 is 16.8 Å². The Bertz CT molecular complexity index is 626. The van der Waals surface area contributed by atoms with E-state index in [0.717, 1.165) is 5.69 Å². The second-order valence-corrected chi connectivity index (χ2v) is 5.54. The van der Waals surface area contributed by atoms with Gasteiger partial charge in [0, 0.05) is 11.1 Å². The van der Waals surface area contributed by atoms with Gasteiger partial charge in [0.2, 0.25) is 0 Å². The van der Waals surface area contributed by atoms with Crippen molar-refractivity contribution in [3.63, 3.8) is 0 Å². The van der Waals surface area contributed by atoms with Crippen LogP contribution in [0.25, 0.3) is 0 Å². The molecule has 1 atom stereocenters. The first-order valence-electron chi connectivity index (χ1n) is 5.70. The van der Waals surface area contributed by atoms with E-state index in [-0.39, 0.29) is 11.3 Å². The van der Waals surface area contributed by atoms with Gasteiger partial charge in [-0.2, -0.15) is 0 Å². The number of carboxylic acids is 1. The standard InChI is InChI=1S/C14H13NO3S/c1-10-5-6-12(8-13(10)14(16)17)19(18)9-11-4-2-3-7-15-11/h2-8H,9H2,1H3,(H,16,17). The zero-order valence-electron chi connectivity index (χ0n) is 10.4. The van der Waals surface area contributed by atoms with Crippen LogP contribution < -0.4 is 0 Å². The van der Waals surface area contributed by atoms with Crippen LogP contribution in [0.3, 0.4) is 0 Å². The van der Waals surface area contributed by atoms with Gasteiger partial charge in [-0.25, -0.2) is 4.79 Å². The molecule has 2 aromatic rings. The molecule has 2 rings (SSSR count). The van der Waals surface area contributed by atoms with Gasteiger partial charge in [-0.1, -0.05) is 12.1 Å². The average Bonchev–Trinajstić information content (AvgIpc) is 2.40. The van der Waals surface area contributed by atoms with Crippen LogP contribution in [0, 0.1) is 6.92 Å². The molecule has 0 radical (unpaired) electrons. The summed E-state index contributed by atoms with van der Waals surface area (Å²) in [6.45, 7) is 1.72. The number of aromatic carboxylic acids is 1. The van der Waals surface area contributed by atoms with Gasteiger partial charge in [-0.15, -0.1) is 0 Å². The highest BCUT2D eigenvalue weighted by Crippen LogP contribution is 2.16.